The number of ketones is 1. The van der Waals surface area contributed by atoms with E-state index in [2.05, 4.69) is 4.98 Å². The zero-order valence-electron chi connectivity index (χ0n) is 9.91. The highest BCUT2D eigenvalue weighted by atomic mass is 16.1. The van der Waals surface area contributed by atoms with Crippen LogP contribution >= 0.6 is 0 Å². The summed E-state index contributed by atoms with van der Waals surface area (Å²) in [5, 5.41) is 0. The fourth-order valence-corrected chi connectivity index (χ4v) is 2.51. The maximum atomic E-state index is 12.3. The molecule has 1 aliphatic carbocycles. The molecule has 86 valence electrons. The average molecular weight is 217 g/mol. The van der Waals surface area contributed by atoms with Crippen molar-refractivity contribution in [2.45, 2.75) is 45.4 Å². The molecule has 2 heteroatoms. The maximum Gasteiger partial charge on any atom is 0.167 e. The van der Waals surface area contributed by atoms with E-state index in [0.717, 1.165) is 24.1 Å². The summed E-state index contributed by atoms with van der Waals surface area (Å²) < 4.78 is 0. The van der Waals surface area contributed by atoms with Crippen LogP contribution in [0.15, 0.2) is 18.3 Å². The van der Waals surface area contributed by atoms with Crippen LogP contribution in [0.5, 0.6) is 0 Å². The van der Waals surface area contributed by atoms with Crippen molar-refractivity contribution in [3.8, 4) is 0 Å². The molecule has 0 atom stereocenters. The summed E-state index contributed by atoms with van der Waals surface area (Å²) in [6.07, 6.45) is 8.86. The number of hydrogen-bond acceptors (Lipinski definition) is 2. The molecular weight excluding hydrogens is 198 g/mol. The second-order valence-corrected chi connectivity index (χ2v) is 4.69. The number of carbonyl (C=O) groups excluding carboxylic acids is 1. The number of rotatable bonds is 2. The Hall–Kier alpha value is -1.18. The summed E-state index contributed by atoms with van der Waals surface area (Å²) >= 11 is 0. The molecule has 1 aromatic rings. The smallest absolute Gasteiger partial charge is 0.167 e. The van der Waals surface area contributed by atoms with Crippen LogP contribution in [0.2, 0.25) is 0 Å². The lowest BCUT2D eigenvalue weighted by Crippen LogP contribution is -2.15. The van der Waals surface area contributed by atoms with E-state index in [0.29, 0.717) is 5.78 Å². The van der Waals surface area contributed by atoms with Crippen LogP contribution in [0.4, 0.5) is 0 Å². The van der Waals surface area contributed by atoms with Crippen LogP contribution in [0.1, 0.15) is 54.6 Å². The Bertz CT molecular complexity index is 365. The van der Waals surface area contributed by atoms with Crippen LogP contribution < -0.4 is 0 Å². The van der Waals surface area contributed by atoms with Gasteiger partial charge in [0, 0.05) is 23.4 Å². The van der Waals surface area contributed by atoms with Crippen LogP contribution in [0, 0.1) is 12.8 Å². The molecule has 1 heterocycles. The van der Waals surface area contributed by atoms with Gasteiger partial charge in [-0.2, -0.15) is 0 Å². The highest BCUT2D eigenvalue weighted by Crippen LogP contribution is 2.26. The van der Waals surface area contributed by atoms with Gasteiger partial charge in [0.25, 0.3) is 0 Å². The number of pyridine rings is 1. The molecule has 1 fully saturated rings. The number of aromatic nitrogens is 1. The lowest BCUT2D eigenvalue weighted by Gasteiger charge is -2.13. The summed E-state index contributed by atoms with van der Waals surface area (Å²) in [6, 6.07) is 3.77. The third-order valence-corrected chi connectivity index (χ3v) is 3.50. The van der Waals surface area contributed by atoms with E-state index < -0.39 is 0 Å². The topological polar surface area (TPSA) is 30.0 Å². The first kappa shape index (κ1) is 11.3. The zero-order chi connectivity index (χ0) is 11.4. The van der Waals surface area contributed by atoms with Gasteiger partial charge in [0.05, 0.1) is 0 Å². The monoisotopic (exact) mass is 217 g/mol. The number of nitrogens with zero attached hydrogens (tertiary/aromatic N) is 1. The summed E-state index contributed by atoms with van der Waals surface area (Å²) in [5.74, 6) is 0.554. The molecule has 2 rings (SSSR count). The van der Waals surface area contributed by atoms with Crippen molar-refractivity contribution in [3.63, 3.8) is 0 Å². The van der Waals surface area contributed by atoms with Gasteiger partial charge in [-0.25, -0.2) is 0 Å². The Morgan fingerprint density at radius 1 is 1.25 bits per heavy atom. The SMILES string of the molecule is Cc1ncccc1C(=O)C1CCCCCC1. The minimum Gasteiger partial charge on any atom is -0.294 e. The molecule has 0 spiro atoms. The van der Waals surface area contributed by atoms with Gasteiger partial charge in [-0.15, -0.1) is 0 Å². The largest absolute Gasteiger partial charge is 0.294 e. The summed E-state index contributed by atoms with van der Waals surface area (Å²) in [6.45, 7) is 1.92. The highest BCUT2D eigenvalue weighted by Gasteiger charge is 2.22. The Morgan fingerprint density at radius 3 is 2.56 bits per heavy atom. The van der Waals surface area contributed by atoms with E-state index in [-0.39, 0.29) is 5.92 Å². The summed E-state index contributed by atoms with van der Waals surface area (Å²) in [7, 11) is 0. The average Bonchev–Trinajstić information content (AvgIpc) is 2.57. The summed E-state index contributed by atoms with van der Waals surface area (Å²) in [4.78, 5) is 16.5. The van der Waals surface area contributed by atoms with Gasteiger partial charge in [-0.05, 0) is 31.9 Å². The summed E-state index contributed by atoms with van der Waals surface area (Å²) in [5.41, 5.74) is 1.70. The molecular formula is C14H19NO. The Labute approximate surface area is 97.1 Å². The first-order chi connectivity index (χ1) is 7.79. The minimum atomic E-state index is 0.241. The van der Waals surface area contributed by atoms with Crippen molar-refractivity contribution < 1.29 is 4.79 Å². The van der Waals surface area contributed by atoms with Crippen molar-refractivity contribution in [2.24, 2.45) is 5.92 Å². The molecule has 0 unspecified atom stereocenters. The molecule has 0 saturated heterocycles. The van der Waals surface area contributed by atoms with Gasteiger partial charge in [0.15, 0.2) is 5.78 Å². The normalized spacial score (nSPS) is 18.1. The predicted molar refractivity (Wildman–Crippen MR) is 64.5 cm³/mol. The molecule has 1 aliphatic rings. The molecule has 0 aromatic carbocycles. The van der Waals surface area contributed by atoms with Crippen LogP contribution in [-0.2, 0) is 0 Å². The fourth-order valence-electron chi connectivity index (χ4n) is 2.51. The van der Waals surface area contributed by atoms with E-state index >= 15 is 0 Å². The zero-order valence-corrected chi connectivity index (χ0v) is 9.91. The number of aryl methyl sites for hydroxylation is 1. The first-order valence-corrected chi connectivity index (χ1v) is 6.25. The third kappa shape index (κ3) is 2.49. The molecule has 0 amide bonds. The van der Waals surface area contributed by atoms with Crippen LogP contribution in [-0.4, -0.2) is 10.8 Å². The molecule has 1 aromatic heterocycles. The fraction of sp³-hybridized carbons (Fsp3) is 0.571. The Kier molecular flexibility index (Phi) is 3.70. The van der Waals surface area contributed by atoms with E-state index in [4.69, 9.17) is 0 Å². The second kappa shape index (κ2) is 5.24. The lowest BCUT2D eigenvalue weighted by molar-refractivity contribution is 0.0907. The van der Waals surface area contributed by atoms with E-state index in [9.17, 15) is 4.79 Å². The van der Waals surface area contributed by atoms with Crippen molar-refractivity contribution >= 4 is 5.78 Å². The molecule has 2 nitrogen and oxygen atoms in total. The van der Waals surface area contributed by atoms with Crippen molar-refractivity contribution in [3.05, 3.63) is 29.6 Å². The van der Waals surface area contributed by atoms with Crippen molar-refractivity contribution in [2.75, 3.05) is 0 Å². The maximum absolute atomic E-state index is 12.3. The number of Topliss-reactive ketones (excluding diaryl/α,β-unsaturated/α-hetero) is 1. The predicted octanol–water partition coefficient (Wildman–Crippen LogP) is 3.54. The number of carbonyl (C=O) groups is 1. The van der Waals surface area contributed by atoms with E-state index in [1.54, 1.807) is 6.20 Å². The van der Waals surface area contributed by atoms with Gasteiger partial charge < -0.3 is 0 Å². The van der Waals surface area contributed by atoms with Gasteiger partial charge in [0.1, 0.15) is 0 Å². The van der Waals surface area contributed by atoms with E-state index in [1.165, 1.54) is 25.7 Å². The molecule has 0 N–H and O–H groups in total. The number of hydrogen-bond donors (Lipinski definition) is 0. The quantitative estimate of drug-likeness (QED) is 0.560. The third-order valence-electron chi connectivity index (χ3n) is 3.50. The second-order valence-electron chi connectivity index (χ2n) is 4.69. The van der Waals surface area contributed by atoms with Crippen LogP contribution in [0.3, 0.4) is 0 Å². The lowest BCUT2D eigenvalue weighted by atomic mass is 9.90. The van der Waals surface area contributed by atoms with Crippen molar-refractivity contribution in [1.82, 2.24) is 4.98 Å². The van der Waals surface area contributed by atoms with Gasteiger partial charge in [0.2, 0.25) is 0 Å². The van der Waals surface area contributed by atoms with Crippen molar-refractivity contribution in [1.29, 1.82) is 0 Å². The Balaban J connectivity index is 2.14. The molecule has 0 radical (unpaired) electrons. The van der Waals surface area contributed by atoms with Gasteiger partial charge in [-0.3, -0.25) is 9.78 Å². The van der Waals surface area contributed by atoms with Crippen LogP contribution in [0.25, 0.3) is 0 Å². The Morgan fingerprint density at radius 2 is 1.94 bits per heavy atom. The minimum absolute atomic E-state index is 0.241. The standard InChI is InChI=1S/C14H19NO/c1-11-13(9-6-10-15-11)14(16)12-7-4-2-3-5-8-12/h6,9-10,12H,2-5,7-8H2,1H3. The first-order valence-electron chi connectivity index (χ1n) is 6.25. The van der Waals surface area contributed by atoms with Gasteiger partial charge in [-0.1, -0.05) is 25.7 Å². The molecule has 0 aliphatic heterocycles. The molecule has 0 bridgehead atoms. The molecule has 1 saturated carbocycles. The van der Waals surface area contributed by atoms with E-state index in [1.807, 2.05) is 19.1 Å². The van der Waals surface area contributed by atoms with Gasteiger partial charge >= 0.3 is 0 Å². The molecule has 16 heavy (non-hydrogen) atoms. The highest BCUT2D eigenvalue weighted by molar-refractivity contribution is 5.98.